The van der Waals surface area contributed by atoms with Crippen LogP contribution in [0.25, 0.3) is 0 Å². The van der Waals surface area contributed by atoms with Crippen LogP contribution in [0.4, 0.5) is 23.7 Å². The predicted molar refractivity (Wildman–Crippen MR) is 55.5 cm³/mol. The molecule has 0 bridgehead atoms. The monoisotopic (exact) mass is 231 g/mol. The first kappa shape index (κ1) is 12.3. The molecule has 0 radical (unpaired) electrons. The minimum atomic E-state index is -4.41. The fourth-order valence-corrected chi connectivity index (χ4v) is 0.979. The van der Waals surface area contributed by atoms with Crippen LogP contribution >= 0.6 is 0 Å². The molecule has 1 rings (SSSR count). The molecule has 0 aliphatic rings. The van der Waals surface area contributed by atoms with Gasteiger partial charge in [0.2, 0.25) is 0 Å². The molecule has 4 nitrogen and oxygen atoms in total. The quantitative estimate of drug-likeness (QED) is 0.705. The van der Waals surface area contributed by atoms with Gasteiger partial charge in [0.1, 0.15) is 14.4 Å². The summed E-state index contributed by atoms with van der Waals surface area (Å²) in [6.07, 6.45) is -1.50. The van der Waals surface area contributed by atoms with Gasteiger partial charge in [-0.25, -0.2) is 4.79 Å². The van der Waals surface area contributed by atoms with Gasteiger partial charge in [-0.2, -0.15) is 13.2 Å². The molecule has 2 N–H and O–H groups in total. The Morgan fingerprint density at radius 1 is 1.44 bits per heavy atom. The zero-order valence-corrected chi connectivity index (χ0v) is 8.43. The van der Waals surface area contributed by atoms with Crippen molar-refractivity contribution in [1.29, 1.82) is 0 Å². The Morgan fingerprint density at radius 2 is 2.12 bits per heavy atom. The van der Waals surface area contributed by atoms with Crippen LogP contribution < -0.4 is 16.1 Å². The van der Waals surface area contributed by atoms with Crippen molar-refractivity contribution in [2.45, 2.75) is 6.18 Å². The van der Waals surface area contributed by atoms with Gasteiger partial charge in [0.25, 0.3) is 0 Å². The number of alkyl halides is 3. The van der Waals surface area contributed by atoms with Gasteiger partial charge >= 0.3 is 12.2 Å². The van der Waals surface area contributed by atoms with Crippen LogP contribution in [0.3, 0.4) is 0 Å². The van der Waals surface area contributed by atoms with Crippen molar-refractivity contribution in [3.05, 3.63) is 18.5 Å². The first-order chi connectivity index (χ1) is 7.37. The summed E-state index contributed by atoms with van der Waals surface area (Å²) in [5.74, 6) is 0. The number of carbonyl (C=O) groups is 1. The number of nitrogens with zero attached hydrogens (tertiary/aromatic N) is 1. The Hall–Kier alpha value is -1.73. The van der Waals surface area contributed by atoms with E-state index in [0.29, 0.717) is 5.69 Å². The number of rotatable bonds is 2. The van der Waals surface area contributed by atoms with Crippen molar-refractivity contribution in [3.8, 4) is 0 Å². The van der Waals surface area contributed by atoms with E-state index in [2.05, 4.69) is 10.3 Å². The molecule has 1 heterocycles. The third kappa shape index (κ3) is 4.67. The van der Waals surface area contributed by atoms with Crippen molar-refractivity contribution in [3.63, 3.8) is 0 Å². The number of hydrogen-bond acceptors (Lipinski definition) is 2. The number of aromatic nitrogens is 1. The van der Waals surface area contributed by atoms with Gasteiger partial charge < -0.3 is 10.6 Å². The lowest BCUT2D eigenvalue weighted by Gasteiger charge is -2.09. The molecular weight excluding hydrogens is 222 g/mol. The van der Waals surface area contributed by atoms with Crippen molar-refractivity contribution in [2.24, 2.45) is 0 Å². The topological polar surface area (TPSA) is 54.0 Å². The van der Waals surface area contributed by atoms with Gasteiger partial charge in [-0.1, -0.05) is 5.46 Å². The van der Waals surface area contributed by atoms with Crippen LogP contribution in [0.5, 0.6) is 0 Å². The molecule has 0 aliphatic carbocycles. The highest BCUT2D eigenvalue weighted by Crippen LogP contribution is 2.12. The van der Waals surface area contributed by atoms with Gasteiger partial charge in [0, 0.05) is 6.20 Å². The summed E-state index contributed by atoms with van der Waals surface area (Å²) >= 11 is 0. The Kier molecular flexibility index (Phi) is 3.75. The summed E-state index contributed by atoms with van der Waals surface area (Å²) < 4.78 is 35.3. The van der Waals surface area contributed by atoms with Gasteiger partial charge in [0.05, 0.1) is 11.9 Å². The Morgan fingerprint density at radius 3 is 2.69 bits per heavy atom. The van der Waals surface area contributed by atoms with E-state index >= 15 is 0 Å². The average Bonchev–Trinajstić information content (AvgIpc) is 2.14. The number of carbonyl (C=O) groups excluding carboxylic acids is 1. The molecule has 0 unspecified atom stereocenters. The molecule has 8 heteroatoms. The third-order valence-electron chi connectivity index (χ3n) is 1.58. The number of halogens is 3. The maximum atomic E-state index is 11.8. The van der Waals surface area contributed by atoms with E-state index in [-0.39, 0.29) is 0 Å². The fourth-order valence-electron chi connectivity index (χ4n) is 0.979. The van der Waals surface area contributed by atoms with Crippen LogP contribution in [-0.2, 0) is 0 Å². The molecule has 86 valence electrons. The zero-order chi connectivity index (χ0) is 12.2. The van der Waals surface area contributed by atoms with E-state index < -0.39 is 18.8 Å². The highest BCUT2D eigenvalue weighted by Gasteiger charge is 2.27. The van der Waals surface area contributed by atoms with Crippen LogP contribution in [-0.4, -0.2) is 31.6 Å². The molecule has 0 saturated heterocycles. The lowest BCUT2D eigenvalue weighted by atomic mass is 9.99. The first-order valence-corrected chi connectivity index (χ1v) is 4.40. The number of urea groups is 1. The molecule has 0 spiro atoms. The van der Waals surface area contributed by atoms with Crippen LogP contribution in [0.1, 0.15) is 0 Å². The van der Waals surface area contributed by atoms with E-state index in [1.54, 1.807) is 25.4 Å². The molecule has 2 amide bonds. The molecule has 0 atom stereocenters. The summed E-state index contributed by atoms with van der Waals surface area (Å²) in [6.45, 7) is -1.36. The number of hydrogen-bond donors (Lipinski definition) is 2. The molecule has 0 aliphatic heterocycles. The predicted octanol–water partition coefficient (Wildman–Crippen LogP) is 0.0238. The minimum absolute atomic E-state index is 0.347. The normalized spacial score (nSPS) is 10.9. The summed E-state index contributed by atoms with van der Waals surface area (Å²) in [6, 6.07) is 0.685. The van der Waals surface area contributed by atoms with Crippen molar-refractivity contribution >= 4 is 25.0 Å². The highest BCUT2D eigenvalue weighted by molar-refractivity contribution is 6.32. The van der Waals surface area contributed by atoms with Gasteiger partial charge in [-0.15, -0.1) is 0 Å². The molecule has 1 aromatic heterocycles. The van der Waals surface area contributed by atoms with Crippen LogP contribution in [0.15, 0.2) is 18.5 Å². The summed E-state index contributed by atoms with van der Waals surface area (Å²) in [4.78, 5) is 14.8. The van der Waals surface area contributed by atoms with E-state index in [1.165, 1.54) is 6.20 Å². The van der Waals surface area contributed by atoms with E-state index in [1.807, 2.05) is 0 Å². The van der Waals surface area contributed by atoms with Crippen molar-refractivity contribution in [2.75, 3.05) is 11.9 Å². The third-order valence-corrected chi connectivity index (χ3v) is 1.58. The minimum Gasteiger partial charge on any atom is -0.329 e. The molecular formula is C8H9BF3N3O. The Balaban J connectivity index is 2.46. The SMILES string of the molecule is Bc1cncc(NC(=O)NCC(F)(F)F)c1. The van der Waals surface area contributed by atoms with Crippen LogP contribution in [0.2, 0.25) is 0 Å². The summed E-state index contributed by atoms with van der Waals surface area (Å²) in [7, 11) is 1.76. The lowest BCUT2D eigenvalue weighted by molar-refractivity contribution is -0.122. The highest BCUT2D eigenvalue weighted by atomic mass is 19.4. The second-order valence-corrected chi connectivity index (χ2v) is 3.17. The zero-order valence-electron chi connectivity index (χ0n) is 8.43. The average molecular weight is 231 g/mol. The molecule has 0 aromatic carbocycles. The molecule has 16 heavy (non-hydrogen) atoms. The van der Waals surface area contributed by atoms with E-state index in [9.17, 15) is 18.0 Å². The number of pyridine rings is 1. The first-order valence-electron chi connectivity index (χ1n) is 4.40. The second-order valence-electron chi connectivity index (χ2n) is 3.17. The van der Waals surface area contributed by atoms with Crippen molar-refractivity contribution < 1.29 is 18.0 Å². The maximum absolute atomic E-state index is 11.8. The number of nitrogens with one attached hydrogen (secondary N) is 2. The van der Waals surface area contributed by atoms with E-state index in [0.717, 1.165) is 5.46 Å². The smallest absolute Gasteiger partial charge is 0.329 e. The Bertz CT molecular complexity index is 383. The molecule has 1 aromatic rings. The Labute approximate surface area is 90.7 Å². The summed E-state index contributed by atoms with van der Waals surface area (Å²) in [5, 5.41) is 3.93. The van der Waals surface area contributed by atoms with Gasteiger partial charge in [-0.3, -0.25) is 4.98 Å². The van der Waals surface area contributed by atoms with Gasteiger partial charge in [-0.05, 0) is 6.07 Å². The lowest BCUT2D eigenvalue weighted by Crippen LogP contribution is -2.36. The van der Waals surface area contributed by atoms with E-state index in [4.69, 9.17) is 0 Å². The van der Waals surface area contributed by atoms with Gasteiger partial charge in [0.15, 0.2) is 0 Å². The molecule has 0 saturated carbocycles. The van der Waals surface area contributed by atoms with Crippen LogP contribution in [0, 0.1) is 0 Å². The number of amides is 2. The number of anilines is 1. The van der Waals surface area contributed by atoms with Crippen molar-refractivity contribution in [1.82, 2.24) is 10.3 Å². The molecule has 0 fully saturated rings. The standard InChI is InChI=1S/C8H9BF3N3O/c9-5-1-6(3-13-2-5)15-7(16)14-4-8(10,11)12/h1-3H,4,9H2,(H2,14,15,16). The maximum Gasteiger partial charge on any atom is 0.405 e. The summed E-state index contributed by atoms with van der Waals surface area (Å²) in [5.41, 5.74) is 1.15. The second kappa shape index (κ2) is 4.87. The fraction of sp³-hybridized carbons (Fsp3) is 0.250. The largest absolute Gasteiger partial charge is 0.405 e.